The minimum Gasteiger partial charge on any atom is -0.357 e. The van der Waals surface area contributed by atoms with Crippen LogP contribution in [0.2, 0.25) is 0 Å². The summed E-state index contributed by atoms with van der Waals surface area (Å²) in [5.74, 6) is -0.827. The second kappa shape index (κ2) is 12.9. The zero-order chi connectivity index (χ0) is 27.7. The van der Waals surface area contributed by atoms with Crippen LogP contribution in [0.15, 0.2) is 126 Å². The molecule has 1 atom stereocenters. The highest BCUT2D eigenvalue weighted by Gasteiger charge is 2.34. The van der Waals surface area contributed by atoms with E-state index in [1.54, 1.807) is 48.5 Å². The number of rotatable bonds is 11. The Morgan fingerprint density at radius 2 is 1.21 bits per heavy atom. The number of nitrogens with one attached hydrogen (secondary N) is 1. The van der Waals surface area contributed by atoms with Crippen molar-refractivity contribution < 1.29 is 18.0 Å². The van der Waals surface area contributed by atoms with Gasteiger partial charge < -0.3 is 10.2 Å². The molecule has 0 aliphatic rings. The van der Waals surface area contributed by atoms with Crippen LogP contribution in [-0.4, -0.2) is 44.8 Å². The third-order valence-corrected chi connectivity index (χ3v) is 8.16. The smallest absolute Gasteiger partial charge is 0.264 e. The molecule has 4 aromatic carbocycles. The standard InChI is InChI=1S/C31H31N3O4S/c1-32-31(36)29(22-25-14-6-2-7-15-25)33(23-26-16-8-3-9-17-26)30(35)24-34(27-18-10-4-11-19-27)39(37,38)28-20-12-5-13-21-28/h2-21,29H,22-24H2,1H3,(H,32,36)/t29-/m1/s1. The van der Waals surface area contributed by atoms with Gasteiger partial charge >= 0.3 is 0 Å². The molecule has 0 aliphatic carbocycles. The minimum absolute atomic E-state index is 0.0726. The van der Waals surface area contributed by atoms with Gasteiger partial charge in [0, 0.05) is 20.0 Å². The molecule has 4 rings (SSSR count). The van der Waals surface area contributed by atoms with Crippen molar-refractivity contribution in [2.24, 2.45) is 0 Å². The number of anilines is 1. The maximum atomic E-state index is 14.1. The number of carbonyl (C=O) groups is 2. The van der Waals surface area contributed by atoms with Gasteiger partial charge in [-0.05, 0) is 35.4 Å². The number of nitrogens with zero attached hydrogens (tertiary/aromatic N) is 2. The maximum absolute atomic E-state index is 14.1. The predicted molar refractivity (Wildman–Crippen MR) is 152 cm³/mol. The van der Waals surface area contributed by atoms with Crippen molar-refractivity contribution in [3.63, 3.8) is 0 Å². The highest BCUT2D eigenvalue weighted by molar-refractivity contribution is 7.92. The van der Waals surface area contributed by atoms with Crippen molar-refractivity contribution in [1.29, 1.82) is 0 Å². The zero-order valence-electron chi connectivity index (χ0n) is 21.7. The zero-order valence-corrected chi connectivity index (χ0v) is 22.5. The summed E-state index contributed by atoms with van der Waals surface area (Å²) in [6.07, 6.45) is 0.274. The van der Waals surface area contributed by atoms with Crippen molar-refractivity contribution in [2.75, 3.05) is 17.9 Å². The molecular weight excluding hydrogens is 510 g/mol. The summed E-state index contributed by atoms with van der Waals surface area (Å²) in [6, 6.07) is 34.5. The van der Waals surface area contributed by atoms with Gasteiger partial charge in [-0.3, -0.25) is 13.9 Å². The summed E-state index contributed by atoms with van der Waals surface area (Å²) < 4.78 is 28.7. The van der Waals surface area contributed by atoms with Crippen LogP contribution in [0.25, 0.3) is 0 Å². The molecule has 0 fully saturated rings. The molecular formula is C31H31N3O4S. The summed E-state index contributed by atoms with van der Waals surface area (Å²) in [5, 5.41) is 2.68. The first-order chi connectivity index (χ1) is 18.9. The number of amides is 2. The van der Waals surface area contributed by atoms with E-state index in [1.807, 2.05) is 60.7 Å². The van der Waals surface area contributed by atoms with Crippen LogP contribution < -0.4 is 9.62 Å². The Hall–Kier alpha value is -4.43. The van der Waals surface area contributed by atoms with Gasteiger partial charge in [0.05, 0.1) is 10.6 Å². The topological polar surface area (TPSA) is 86.8 Å². The normalized spacial score (nSPS) is 11.8. The minimum atomic E-state index is -4.08. The number of hydrogen-bond acceptors (Lipinski definition) is 4. The number of sulfonamides is 1. The second-order valence-electron chi connectivity index (χ2n) is 8.99. The molecule has 0 spiro atoms. The molecule has 8 heteroatoms. The van der Waals surface area contributed by atoms with E-state index < -0.39 is 28.5 Å². The molecule has 39 heavy (non-hydrogen) atoms. The first kappa shape index (κ1) is 27.6. The van der Waals surface area contributed by atoms with E-state index in [-0.39, 0.29) is 23.8 Å². The van der Waals surface area contributed by atoms with Crippen LogP contribution in [0.1, 0.15) is 11.1 Å². The lowest BCUT2D eigenvalue weighted by molar-refractivity contribution is -0.139. The monoisotopic (exact) mass is 541 g/mol. The summed E-state index contributed by atoms with van der Waals surface area (Å²) in [5.41, 5.74) is 2.06. The molecule has 4 aromatic rings. The van der Waals surface area contributed by atoms with E-state index >= 15 is 0 Å². The summed E-state index contributed by atoms with van der Waals surface area (Å²) >= 11 is 0. The van der Waals surface area contributed by atoms with E-state index in [0.29, 0.717) is 5.69 Å². The largest absolute Gasteiger partial charge is 0.357 e. The Labute approximate surface area is 229 Å². The van der Waals surface area contributed by atoms with E-state index in [0.717, 1.165) is 15.4 Å². The number of likely N-dealkylation sites (N-methyl/N-ethyl adjacent to an activating group) is 1. The highest BCUT2D eigenvalue weighted by atomic mass is 32.2. The Bertz CT molecular complexity index is 1470. The molecule has 0 unspecified atom stereocenters. The lowest BCUT2D eigenvalue weighted by Gasteiger charge is -2.33. The van der Waals surface area contributed by atoms with Crippen molar-refractivity contribution in [2.45, 2.75) is 23.9 Å². The van der Waals surface area contributed by atoms with Gasteiger partial charge in [0.1, 0.15) is 12.6 Å². The molecule has 1 N–H and O–H groups in total. The van der Waals surface area contributed by atoms with Gasteiger partial charge in [-0.2, -0.15) is 0 Å². The van der Waals surface area contributed by atoms with Gasteiger partial charge in [0.15, 0.2) is 0 Å². The average molecular weight is 542 g/mol. The third-order valence-electron chi connectivity index (χ3n) is 6.37. The van der Waals surface area contributed by atoms with Crippen molar-refractivity contribution >= 4 is 27.5 Å². The van der Waals surface area contributed by atoms with Crippen molar-refractivity contribution in [3.8, 4) is 0 Å². The molecule has 7 nitrogen and oxygen atoms in total. The molecule has 2 amide bonds. The lowest BCUT2D eigenvalue weighted by atomic mass is 10.0. The fraction of sp³-hybridized carbons (Fsp3) is 0.161. The first-order valence-electron chi connectivity index (χ1n) is 12.6. The Morgan fingerprint density at radius 1 is 0.718 bits per heavy atom. The van der Waals surface area contributed by atoms with Crippen LogP contribution in [0.5, 0.6) is 0 Å². The van der Waals surface area contributed by atoms with Crippen LogP contribution >= 0.6 is 0 Å². The Kier molecular flexibility index (Phi) is 9.12. The highest BCUT2D eigenvalue weighted by Crippen LogP contribution is 2.24. The summed E-state index contributed by atoms with van der Waals surface area (Å²) in [7, 11) is -2.55. The molecule has 0 bridgehead atoms. The summed E-state index contributed by atoms with van der Waals surface area (Å²) in [6.45, 7) is -0.338. The molecule has 0 heterocycles. The van der Waals surface area contributed by atoms with Crippen LogP contribution in [0.3, 0.4) is 0 Å². The molecule has 0 radical (unpaired) electrons. The van der Waals surface area contributed by atoms with Crippen molar-refractivity contribution in [3.05, 3.63) is 132 Å². The average Bonchev–Trinajstić information content (AvgIpc) is 2.99. The fourth-order valence-electron chi connectivity index (χ4n) is 4.34. The Morgan fingerprint density at radius 3 is 1.74 bits per heavy atom. The SMILES string of the molecule is CNC(=O)[C@@H](Cc1ccccc1)N(Cc1ccccc1)C(=O)CN(c1ccccc1)S(=O)(=O)c1ccccc1. The van der Waals surface area contributed by atoms with Gasteiger partial charge in [-0.1, -0.05) is 97.1 Å². The van der Waals surface area contributed by atoms with Crippen molar-refractivity contribution in [1.82, 2.24) is 10.2 Å². The van der Waals surface area contributed by atoms with Gasteiger partial charge in [0.2, 0.25) is 11.8 Å². The van der Waals surface area contributed by atoms with Gasteiger partial charge in [-0.25, -0.2) is 8.42 Å². The number of benzene rings is 4. The van der Waals surface area contributed by atoms with E-state index in [4.69, 9.17) is 0 Å². The van der Waals surface area contributed by atoms with Crippen LogP contribution in [0.4, 0.5) is 5.69 Å². The van der Waals surface area contributed by atoms with E-state index in [2.05, 4.69) is 5.32 Å². The molecule has 0 saturated heterocycles. The first-order valence-corrected chi connectivity index (χ1v) is 14.1. The third kappa shape index (κ3) is 6.91. The van der Waals surface area contributed by atoms with Gasteiger partial charge in [-0.15, -0.1) is 0 Å². The fourth-order valence-corrected chi connectivity index (χ4v) is 5.78. The number of hydrogen-bond donors (Lipinski definition) is 1. The summed E-state index contributed by atoms with van der Waals surface area (Å²) in [4.78, 5) is 28.8. The molecule has 0 saturated carbocycles. The second-order valence-corrected chi connectivity index (χ2v) is 10.8. The van der Waals surface area contributed by atoms with E-state index in [1.165, 1.54) is 24.1 Å². The number of carbonyl (C=O) groups excluding carboxylic acids is 2. The van der Waals surface area contributed by atoms with Crippen LogP contribution in [-0.2, 0) is 32.6 Å². The molecule has 200 valence electrons. The van der Waals surface area contributed by atoms with E-state index in [9.17, 15) is 18.0 Å². The molecule has 0 aromatic heterocycles. The van der Waals surface area contributed by atoms with Crippen LogP contribution in [0, 0.1) is 0 Å². The predicted octanol–water partition coefficient (Wildman–Crippen LogP) is 4.27. The number of para-hydroxylation sites is 1. The Balaban J connectivity index is 1.75. The van der Waals surface area contributed by atoms with Gasteiger partial charge in [0.25, 0.3) is 10.0 Å². The molecule has 0 aliphatic heterocycles. The lowest BCUT2D eigenvalue weighted by Crippen LogP contribution is -2.53. The maximum Gasteiger partial charge on any atom is 0.264 e. The quantitative estimate of drug-likeness (QED) is 0.307.